The van der Waals surface area contributed by atoms with Crippen LogP contribution in [0.1, 0.15) is 24.7 Å². The van der Waals surface area contributed by atoms with Gasteiger partial charge in [-0.3, -0.25) is 0 Å². The zero-order valence-electron chi connectivity index (χ0n) is 10.6. The highest BCUT2D eigenvalue weighted by molar-refractivity contribution is 5.78. The van der Waals surface area contributed by atoms with E-state index in [1.165, 1.54) is 6.92 Å². The van der Waals surface area contributed by atoms with Crippen LogP contribution in [-0.2, 0) is 12.3 Å². The van der Waals surface area contributed by atoms with E-state index in [4.69, 9.17) is 0 Å². The Morgan fingerprint density at radius 3 is 2.94 bits per heavy atom. The number of benzene rings is 1. The van der Waals surface area contributed by atoms with Crippen molar-refractivity contribution in [2.75, 3.05) is 13.6 Å². The molecule has 98 valence electrons. The molecule has 0 aliphatic rings. The highest BCUT2D eigenvalue weighted by Crippen LogP contribution is 2.29. The van der Waals surface area contributed by atoms with Gasteiger partial charge in [-0.2, -0.15) is 0 Å². The van der Waals surface area contributed by atoms with Crippen LogP contribution in [0.3, 0.4) is 0 Å². The molecule has 0 amide bonds. The highest BCUT2D eigenvalue weighted by atomic mass is 19.1. The number of nitrogens with one attached hydrogen (secondary N) is 2. The van der Waals surface area contributed by atoms with Crippen molar-refractivity contribution in [3.63, 3.8) is 0 Å². The van der Waals surface area contributed by atoms with E-state index in [2.05, 4.69) is 15.3 Å². The molecule has 2 rings (SSSR count). The van der Waals surface area contributed by atoms with Crippen LogP contribution in [0.2, 0.25) is 0 Å². The second-order valence-corrected chi connectivity index (χ2v) is 4.61. The Hall–Kier alpha value is -1.46. The van der Waals surface area contributed by atoms with Crippen LogP contribution in [0, 0.1) is 0 Å². The molecule has 0 spiro atoms. The molecule has 0 aliphatic heterocycles. The lowest BCUT2D eigenvalue weighted by Gasteiger charge is -2.17. The fourth-order valence-electron chi connectivity index (χ4n) is 1.94. The number of rotatable bonds is 5. The van der Waals surface area contributed by atoms with Gasteiger partial charge in [0.05, 0.1) is 17.6 Å². The summed E-state index contributed by atoms with van der Waals surface area (Å²) in [5, 5.41) is 12.2. The summed E-state index contributed by atoms with van der Waals surface area (Å²) in [6.45, 7) is 2.00. The predicted molar refractivity (Wildman–Crippen MR) is 69.0 cm³/mol. The van der Waals surface area contributed by atoms with Gasteiger partial charge in [-0.15, -0.1) is 0 Å². The van der Waals surface area contributed by atoms with E-state index >= 15 is 0 Å². The highest BCUT2D eigenvalue weighted by Gasteiger charge is 2.29. The summed E-state index contributed by atoms with van der Waals surface area (Å²) in [5.74, 6) is 0.314. The Labute approximate surface area is 105 Å². The average molecular weight is 251 g/mol. The van der Waals surface area contributed by atoms with Crippen molar-refractivity contribution in [1.82, 2.24) is 15.3 Å². The smallest absolute Gasteiger partial charge is 0.166 e. The summed E-state index contributed by atoms with van der Waals surface area (Å²) < 4.78 is 14.5. The van der Waals surface area contributed by atoms with Crippen molar-refractivity contribution in [2.45, 2.75) is 25.6 Å². The summed E-state index contributed by atoms with van der Waals surface area (Å²) >= 11 is 0. The summed E-state index contributed by atoms with van der Waals surface area (Å²) in [4.78, 5) is 7.28. The van der Waals surface area contributed by atoms with Crippen molar-refractivity contribution in [3.05, 3.63) is 29.6 Å². The van der Waals surface area contributed by atoms with Gasteiger partial charge >= 0.3 is 0 Å². The van der Waals surface area contributed by atoms with Gasteiger partial charge in [0.25, 0.3) is 0 Å². The number of alkyl halides is 1. The molecule has 1 atom stereocenters. The first-order chi connectivity index (χ1) is 8.58. The minimum absolute atomic E-state index is 0.0961. The molecule has 0 fully saturated rings. The number of aromatic amines is 1. The average Bonchev–Trinajstić information content (AvgIpc) is 2.80. The molecule has 0 saturated carbocycles. The van der Waals surface area contributed by atoms with Crippen LogP contribution in [0.4, 0.5) is 4.39 Å². The molecule has 0 radical (unpaired) electrons. The van der Waals surface area contributed by atoms with Crippen LogP contribution < -0.4 is 5.32 Å². The van der Waals surface area contributed by atoms with E-state index in [9.17, 15) is 9.50 Å². The third-order valence-electron chi connectivity index (χ3n) is 3.10. The van der Waals surface area contributed by atoms with Gasteiger partial charge in [0.1, 0.15) is 5.82 Å². The molecule has 0 bridgehead atoms. The molecular formula is C13H18FN3O. The minimum Gasteiger partial charge on any atom is -0.392 e. The molecule has 0 saturated heterocycles. The quantitative estimate of drug-likeness (QED) is 0.760. The molecule has 1 heterocycles. The summed E-state index contributed by atoms with van der Waals surface area (Å²) in [5.41, 5.74) is 0.599. The number of imidazole rings is 1. The predicted octanol–water partition coefficient (Wildman–Crippen LogP) is 1.85. The minimum atomic E-state index is -1.51. The zero-order chi connectivity index (χ0) is 13.2. The first kappa shape index (κ1) is 13.0. The van der Waals surface area contributed by atoms with Gasteiger partial charge in [0.2, 0.25) is 0 Å². The van der Waals surface area contributed by atoms with Crippen LogP contribution in [-0.4, -0.2) is 28.7 Å². The normalized spacial score (nSPS) is 14.9. The number of para-hydroxylation sites is 1. The van der Waals surface area contributed by atoms with E-state index < -0.39 is 5.67 Å². The van der Waals surface area contributed by atoms with Gasteiger partial charge in [-0.25, -0.2) is 9.37 Å². The Morgan fingerprint density at radius 1 is 1.50 bits per heavy atom. The lowest BCUT2D eigenvalue weighted by molar-refractivity contribution is 0.165. The maximum atomic E-state index is 14.5. The van der Waals surface area contributed by atoms with Crippen molar-refractivity contribution in [2.24, 2.45) is 0 Å². The molecule has 1 aromatic carbocycles. The van der Waals surface area contributed by atoms with Gasteiger partial charge in [0, 0.05) is 12.0 Å². The zero-order valence-corrected chi connectivity index (χ0v) is 10.6. The number of hydrogen-bond acceptors (Lipinski definition) is 3. The number of aromatic nitrogens is 2. The van der Waals surface area contributed by atoms with Crippen LogP contribution in [0.5, 0.6) is 0 Å². The number of fused-ring (bicyclic) bond motifs is 1. The van der Waals surface area contributed by atoms with E-state index in [0.717, 1.165) is 5.52 Å². The first-order valence-electron chi connectivity index (χ1n) is 6.01. The molecule has 1 unspecified atom stereocenters. The number of hydrogen-bond donors (Lipinski definition) is 3. The molecule has 1 aromatic heterocycles. The van der Waals surface area contributed by atoms with Crippen LogP contribution in [0.15, 0.2) is 18.2 Å². The number of aliphatic hydroxyl groups is 1. The first-order valence-corrected chi connectivity index (χ1v) is 6.01. The van der Waals surface area contributed by atoms with Crippen molar-refractivity contribution >= 4 is 11.0 Å². The molecule has 3 N–H and O–H groups in total. The third kappa shape index (κ3) is 2.37. The Kier molecular flexibility index (Phi) is 3.63. The van der Waals surface area contributed by atoms with Crippen molar-refractivity contribution in [3.8, 4) is 0 Å². The Morgan fingerprint density at radius 2 is 2.28 bits per heavy atom. The fourth-order valence-corrected chi connectivity index (χ4v) is 1.94. The number of aliphatic hydroxyl groups excluding tert-OH is 1. The number of halogens is 1. The lowest BCUT2D eigenvalue weighted by Crippen LogP contribution is -2.23. The largest absolute Gasteiger partial charge is 0.392 e. The van der Waals surface area contributed by atoms with E-state index in [0.29, 0.717) is 29.9 Å². The Balaban J connectivity index is 2.40. The van der Waals surface area contributed by atoms with Crippen LogP contribution >= 0.6 is 0 Å². The summed E-state index contributed by atoms with van der Waals surface area (Å²) in [6.07, 6.45) is 0.345. The van der Waals surface area contributed by atoms with E-state index in [1.54, 1.807) is 13.1 Å². The molecule has 5 heteroatoms. The van der Waals surface area contributed by atoms with E-state index in [1.807, 2.05) is 12.1 Å². The van der Waals surface area contributed by atoms with Crippen LogP contribution in [0.25, 0.3) is 11.0 Å². The van der Waals surface area contributed by atoms with Crippen molar-refractivity contribution in [1.29, 1.82) is 0 Å². The standard InChI is InChI=1S/C13H18FN3O/c1-13(14,6-7-15-2)12-16-10-5-3-4-9(8-18)11(10)17-12/h3-5,15,18H,6-8H2,1-2H3,(H,16,17). The van der Waals surface area contributed by atoms with Gasteiger partial charge < -0.3 is 15.4 Å². The monoisotopic (exact) mass is 251 g/mol. The third-order valence-corrected chi connectivity index (χ3v) is 3.10. The van der Waals surface area contributed by atoms with Gasteiger partial charge in [-0.1, -0.05) is 12.1 Å². The number of H-pyrrole nitrogens is 1. The second kappa shape index (κ2) is 5.04. The second-order valence-electron chi connectivity index (χ2n) is 4.61. The fraction of sp³-hybridized carbons (Fsp3) is 0.462. The molecule has 4 nitrogen and oxygen atoms in total. The summed E-state index contributed by atoms with van der Waals surface area (Å²) in [7, 11) is 1.79. The SMILES string of the molecule is CNCCC(C)(F)c1nc2c(CO)cccc2[nH]1. The summed E-state index contributed by atoms with van der Waals surface area (Å²) in [6, 6.07) is 5.44. The number of nitrogens with zero attached hydrogens (tertiary/aromatic N) is 1. The van der Waals surface area contributed by atoms with Crippen molar-refractivity contribution < 1.29 is 9.50 Å². The molecular weight excluding hydrogens is 233 g/mol. The molecule has 0 aliphatic carbocycles. The topological polar surface area (TPSA) is 60.9 Å². The Bertz CT molecular complexity index is 536. The van der Waals surface area contributed by atoms with Gasteiger partial charge in [-0.05, 0) is 26.6 Å². The van der Waals surface area contributed by atoms with E-state index in [-0.39, 0.29) is 6.61 Å². The lowest BCUT2D eigenvalue weighted by atomic mass is 10.0. The molecule has 2 aromatic rings. The maximum Gasteiger partial charge on any atom is 0.166 e. The maximum absolute atomic E-state index is 14.5. The van der Waals surface area contributed by atoms with Gasteiger partial charge in [0.15, 0.2) is 5.67 Å². The molecule has 18 heavy (non-hydrogen) atoms.